The first-order valence-electron chi connectivity index (χ1n) is 6.84. The van der Waals surface area contributed by atoms with Crippen molar-refractivity contribution in [2.45, 2.75) is 49.9 Å². The first-order valence-corrected chi connectivity index (χ1v) is 8.12. The smallest absolute Gasteiger partial charge is 0.130 e. The molecule has 0 bridgehead atoms. The molecule has 0 saturated heterocycles. The van der Waals surface area contributed by atoms with Crippen LogP contribution in [0.25, 0.3) is 0 Å². The van der Waals surface area contributed by atoms with Gasteiger partial charge in [-0.1, -0.05) is 12.5 Å². The molecule has 1 fully saturated rings. The highest BCUT2D eigenvalue weighted by atomic mass is 32.2. The van der Waals surface area contributed by atoms with E-state index < -0.39 is 11.6 Å². The fourth-order valence-corrected chi connectivity index (χ4v) is 3.63. The fraction of sp³-hybridized carbons (Fsp3) is 0.600. The van der Waals surface area contributed by atoms with Gasteiger partial charge in [0.1, 0.15) is 11.6 Å². The van der Waals surface area contributed by atoms with E-state index in [0.29, 0.717) is 16.9 Å². The van der Waals surface area contributed by atoms with Crippen molar-refractivity contribution in [1.29, 1.82) is 0 Å². The van der Waals surface area contributed by atoms with Crippen molar-refractivity contribution < 1.29 is 8.78 Å². The Labute approximate surface area is 118 Å². The normalized spacial score (nSPS) is 25.3. The van der Waals surface area contributed by atoms with Crippen molar-refractivity contribution in [3.63, 3.8) is 0 Å². The molecule has 4 heteroatoms. The van der Waals surface area contributed by atoms with Gasteiger partial charge in [-0.15, -0.1) is 0 Å². The van der Waals surface area contributed by atoms with Crippen LogP contribution in [0.3, 0.4) is 0 Å². The molecule has 0 spiro atoms. The zero-order valence-corrected chi connectivity index (χ0v) is 12.3. The van der Waals surface area contributed by atoms with Crippen LogP contribution in [0, 0.1) is 11.6 Å². The van der Waals surface area contributed by atoms with Crippen molar-refractivity contribution in [1.82, 2.24) is 5.32 Å². The highest BCUT2D eigenvalue weighted by Gasteiger charge is 2.23. The summed E-state index contributed by atoms with van der Waals surface area (Å²) in [5, 5.41) is 4.19. The van der Waals surface area contributed by atoms with Crippen LogP contribution < -0.4 is 5.32 Å². The van der Waals surface area contributed by atoms with Crippen molar-refractivity contribution in [2.75, 3.05) is 6.26 Å². The maximum Gasteiger partial charge on any atom is 0.130 e. The van der Waals surface area contributed by atoms with Gasteiger partial charge in [-0.05, 0) is 38.5 Å². The molecule has 1 nitrogen and oxygen atoms in total. The lowest BCUT2D eigenvalue weighted by molar-refractivity contribution is 0.349. The maximum absolute atomic E-state index is 13.7. The molecule has 1 aromatic carbocycles. The number of hydrogen-bond acceptors (Lipinski definition) is 2. The third kappa shape index (κ3) is 3.93. The van der Waals surface area contributed by atoms with Gasteiger partial charge in [0.05, 0.1) is 0 Å². The lowest BCUT2D eigenvalue weighted by atomic mass is 9.93. The van der Waals surface area contributed by atoms with Gasteiger partial charge in [-0.2, -0.15) is 11.8 Å². The van der Waals surface area contributed by atoms with Crippen LogP contribution in [0.4, 0.5) is 8.78 Å². The molecule has 0 aliphatic heterocycles. The number of halogens is 2. The lowest BCUT2D eigenvalue weighted by Gasteiger charge is -2.31. The molecule has 0 amide bonds. The highest BCUT2D eigenvalue weighted by Crippen LogP contribution is 2.28. The zero-order chi connectivity index (χ0) is 13.8. The standard InChI is InChI=1S/C15H21F2NS/c1-10(14-7-6-11(16)8-15(14)17)18-12-4-3-5-13(9-12)19-2/h6-8,10,12-13,18H,3-5,9H2,1-2H3. The van der Waals surface area contributed by atoms with E-state index in [0.717, 1.165) is 18.9 Å². The van der Waals surface area contributed by atoms with E-state index in [4.69, 9.17) is 0 Å². The summed E-state index contributed by atoms with van der Waals surface area (Å²) in [5.74, 6) is -0.981. The van der Waals surface area contributed by atoms with Crippen molar-refractivity contribution >= 4 is 11.8 Å². The first-order chi connectivity index (χ1) is 9.10. The second-order valence-electron chi connectivity index (χ2n) is 5.28. The number of hydrogen-bond donors (Lipinski definition) is 1. The number of rotatable bonds is 4. The molecule has 0 heterocycles. The van der Waals surface area contributed by atoms with Gasteiger partial charge in [0.15, 0.2) is 0 Å². The maximum atomic E-state index is 13.7. The van der Waals surface area contributed by atoms with Crippen LogP contribution in [0.1, 0.15) is 44.2 Å². The average Bonchev–Trinajstić information content (AvgIpc) is 2.38. The molecule has 106 valence electrons. The van der Waals surface area contributed by atoms with Gasteiger partial charge >= 0.3 is 0 Å². The first kappa shape index (κ1) is 14.8. The molecule has 1 N–H and O–H groups in total. The van der Waals surface area contributed by atoms with E-state index in [1.807, 2.05) is 18.7 Å². The van der Waals surface area contributed by atoms with Crippen molar-refractivity contribution in [3.05, 3.63) is 35.4 Å². The van der Waals surface area contributed by atoms with Gasteiger partial charge in [0.25, 0.3) is 0 Å². The minimum atomic E-state index is -0.520. The summed E-state index contributed by atoms with van der Waals surface area (Å²) in [7, 11) is 0. The van der Waals surface area contributed by atoms with E-state index in [1.54, 1.807) is 0 Å². The fourth-order valence-electron chi connectivity index (χ4n) is 2.81. The molecule has 1 saturated carbocycles. The van der Waals surface area contributed by atoms with E-state index in [9.17, 15) is 8.78 Å². The predicted octanol–water partition coefficient (Wildman–Crippen LogP) is 4.29. The monoisotopic (exact) mass is 285 g/mol. The zero-order valence-electron chi connectivity index (χ0n) is 11.5. The summed E-state index contributed by atoms with van der Waals surface area (Å²) in [4.78, 5) is 0. The number of nitrogens with one attached hydrogen (secondary N) is 1. The third-order valence-electron chi connectivity index (χ3n) is 3.87. The van der Waals surface area contributed by atoms with Crippen LogP contribution in [-0.4, -0.2) is 17.5 Å². The Bertz CT molecular complexity index is 425. The van der Waals surface area contributed by atoms with E-state index in [-0.39, 0.29) is 6.04 Å². The summed E-state index contributed by atoms with van der Waals surface area (Å²) in [6.45, 7) is 1.94. The predicted molar refractivity (Wildman–Crippen MR) is 77.5 cm³/mol. The third-order valence-corrected chi connectivity index (χ3v) is 4.97. The molecule has 19 heavy (non-hydrogen) atoms. The van der Waals surface area contributed by atoms with Crippen molar-refractivity contribution in [2.24, 2.45) is 0 Å². The van der Waals surface area contributed by atoms with E-state index >= 15 is 0 Å². The molecule has 0 aromatic heterocycles. The van der Waals surface area contributed by atoms with Gasteiger partial charge in [-0.25, -0.2) is 8.78 Å². The summed E-state index contributed by atoms with van der Waals surface area (Å²) < 4.78 is 26.6. The highest BCUT2D eigenvalue weighted by molar-refractivity contribution is 7.99. The van der Waals surface area contributed by atoms with Gasteiger partial charge in [-0.3, -0.25) is 0 Å². The molecular formula is C15H21F2NS. The summed E-state index contributed by atoms with van der Waals surface area (Å²) >= 11 is 1.91. The molecule has 3 unspecified atom stereocenters. The summed E-state index contributed by atoms with van der Waals surface area (Å²) in [5.41, 5.74) is 0.549. The molecule has 1 aliphatic rings. The molecule has 2 rings (SSSR count). The van der Waals surface area contributed by atoms with Gasteiger partial charge < -0.3 is 5.32 Å². The second kappa shape index (κ2) is 6.71. The van der Waals surface area contributed by atoms with Gasteiger partial charge in [0, 0.05) is 29.0 Å². The Kier molecular flexibility index (Phi) is 5.22. The van der Waals surface area contributed by atoms with Crippen LogP contribution in [0.15, 0.2) is 18.2 Å². The minimum absolute atomic E-state index is 0.0776. The number of thioether (sulfide) groups is 1. The summed E-state index contributed by atoms with van der Waals surface area (Å²) in [6, 6.07) is 4.18. The van der Waals surface area contributed by atoms with Crippen LogP contribution in [0.2, 0.25) is 0 Å². The lowest BCUT2D eigenvalue weighted by Crippen LogP contribution is -2.36. The summed E-state index contributed by atoms with van der Waals surface area (Å²) in [6.07, 6.45) is 6.93. The van der Waals surface area contributed by atoms with Crippen molar-refractivity contribution in [3.8, 4) is 0 Å². The Hall–Kier alpha value is -0.610. The Morgan fingerprint density at radius 3 is 2.79 bits per heavy atom. The Morgan fingerprint density at radius 1 is 1.32 bits per heavy atom. The topological polar surface area (TPSA) is 12.0 Å². The minimum Gasteiger partial charge on any atom is -0.307 e. The average molecular weight is 285 g/mol. The molecular weight excluding hydrogens is 264 g/mol. The SMILES string of the molecule is CSC1CCCC(NC(C)c2ccc(F)cc2F)C1. The number of benzene rings is 1. The molecule has 3 atom stereocenters. The van der Waals surface area contributed by atoms with Crippen LogP contribution in [-0.2, 0) is 0 Å². The Morgan fingerprint density at radius 2 is 2.11 bits per heavy atom. The van der Waals surface area contributed by atoms with E-state index in [2.05, 4.69) is 11.6 Å². The Balaban J connectivity index is 1.98. The largest absolute Gasteiger partial charge is 0.307 e. The quantitative estimate of drug-likeness (QED) is 0.885. The van der Waals surface area contributed by atoms with Crippen LogP contribution >= 0.6 is 11.8 Å². The van der Waals surface area contributed by atoms with Crippen LogP contribution in [0.5, 0.6) is 0 Å². The second-order valence-corrected chi connectivity index (χ2v) is 6.41. The molecule has 1 aromatic rings. The van der Waals surface area contributed by atoms with E-state index in [1.165, 1.54) is 25.0 Å². The van der Waals surface area contributed by atoms with Gasteiger partial charge in [0.2, 0.25) is 0 Å². The molecule has 1 aliphatic carbocycles. The molecule has 0 radical (unpaired) electrons.